The van der Waals surface area contributed by atoms with Crippen molar-refractivity contribution in [3.8, 4) is 0 Å². The van der Waals surface area contributed by atoms with Crippen LogP contribution in [0.2, 0.25) is 0 Å². The number of rotatable bonds is 8. The molecule has 0 spiro atoms. The summed E-state index contributed by atoms with van der Waals surface area (Å²) < 4.78 is 32.3. The second-order valence-electron chi connectivity index (χ2n) is 7.63. The third-order valence-electron chi connectivity index (χ3n) is 3.82. The van der Waals surface area contributed by atoms with Crippen molar-refractivity contribution >= 4 is 6.09 Å². The number of nitrogens with zero attached hydrogens (tertiary/aromatic N) is 2. The number of hydrogen-bond acceptors (Lipinski definition) is 6. The number of carbonyl (C=O) groups excluding carboxylic acids is 1. The number of aliphatic hydroxyl groups is 1. The van der Waals surface area contributed by atoms with Crippen molar-refractivity contribution in [3.63, 3.8) is 0 Å². The van der Waals surface area contributed by atoms with Crippen LogP contribution in [0.25, 0.3) is 0 Å². The summed E-state index contributed by atoms with van der Waals surface area (Å²) in [5.41, 5.74) is 0.259. The maximum atomic E-state index is 13.5. The first kappa shape index (κ1) is 22.6. The molecule has 0 unspecified atom stereocenters. The Balaban J connectivity index is 2.04. The van der Waals surface area contributed by atoms with Crippen LogP contribution in [0, 0.1) is 11.6 Å². The Kier molecular flexibility index (Phi) is 7.98. The number of benzene rings is 1. The molecule has 1 aromatic carbocycles. The molecule has 158 valence electrons. The van der Waals surface area contributed by atoms with Crippen LogP contribution in [0.5, 0.6) is 0 Å². The summed E-state index contributed by atoms with van der Waals surface area (Å²) in [7, 11) is 0. The molecule has 1 amide bonds. The monoisotopic (exact) mass is 408 g/mol. The molecule has 0 aliphatic carbocycles. The van der Waals surface area contributed by atoms with E-state index in [-0.39, 0.29) is 13.0 Å². The average Bonchev–Trinajstić information content (AvgIpc) is 2.59. The minimum absolute atomic E-state index is 0.0158. The fourth-order valence-corrected chi connectivity index (χ4v) is 2.64. The highest BCUT2D eigenvalue weighted by Gasteiger charge is 2.25. The van der Waals surface area contributed by atoms with Gasteiger partial charge < -0.3 is 20.5 Å². The molecule has 2 atom stereocenters. The molecule has 0 radical (unpaired) electrons. The Morgan fingerprint density at radius 2 is 1.90 bits per heavy atom. The summed E-state index contributed by atoms with van der Waals surface area (Å²) in [5.74, 6) is -1.46. The second-order valence-corrected chi connectivity index (χ2v) is 7.63. The van der Waals surface area contributed by atoms with Gasteiger partial charge in [0, 0.05) is 37.7 Å². The van der Waals surface area contributed by atoms with E-state index in [9.17, 15) is 18.7 Å². The number of aliphatic hydroxyl groups excluding tert-OH is 1. The van der Waals surface area contributed by atoms with Gasteiger partial charge in [0.05, 0.1) is 17.8 Å². The fourth-order valence-electron chi connectivity index (χ4n) is 2.64. The summed E-state index contributed by atoms with van der Waals surface area (Å²) in [6.45, 7) is 5.60. The fraction of sp³-hybridized carbons (Fsp3) is 0.450. The molecule has 0 bridgehead atoms. The lowest BCUT2D eigenvalue weighted by molar-refractivity contribution is 0.0422. The van der Waals surface area contributed by atoms with E-state index in [2.05, 4.69) is 20.6 Å². The van der Waals surface area contributed by atoms with Gasteiger partial charge in [-0.05, 0) is 44.9 Å². The van der Waals surface area contributed by atoms with E-state index in [1.54, 1.807) is 39.4 Å². The van der Waals surface area contributed by atoms with Crippen LogP contribution in [0.3, 0.4) is 0 Å². The standard InChI is InChI=1S/C20H26F2N4O3/c1-20(2,3)29-19(28)26-17(8-13-6-14(21)9-15(22)7-13)18(27)12-24-11-16-10-23-4-5-25-16/h4-7,9-10,17-18,24,27H,8,11-12H2,1-3H3,(H,26,28)/t17-,18+/m0/s1. The molecule has 0 fully saturated rings. The normalized spacial score (nSPS) is 13.6. The van der Waals surface area contributed by atoms with Crippen molar-refractivity contribution in [1.29, 1.82) is 0 Å². The molecule has 2 rings (SSSR count). The van der Waals surface area contributed by atoms with E-state index in [1.807, 2.05) is 0 Å². The second kappa shape index (κ2) is 10.2. The summed E-state index contributed by atoms with van der Waals surface area (Å²) in [6.07, 6.45) is 2.93. The predicted molar refractivity (Wildman–Crippen MR) is 103 cm³/mol. The lowest BCUT2D eigenvalue weighted by Crippen LogP contribution is -2.50. The Bertz CT molecular complexity index is 780. The Morgan fingerprint density at radius 3 is 2.48 bits per heavy atom. The molecule has 3 N–H and O–H groups in total. The summed E-state index contributed by atoms with van der Waals surface area (Å²) in [6, 6.07) is 2.25. The van der Waals surface area contributed by atoms with E-state index < -0.39 is 35.5 Å². The Labute approximate surface area is 168 Å². The summed E-state index contributed by atoms with van der Waals surface area (Å²) in [4.78, 5) is 20.2. The van der Waals surface area contributed by atoms with Crippen LogP contribution in [0.4, 0.5) is 13.6 Å². The molecule has 0 aliphatic heterocycles. The highest BCUT2D eigenvalue weighted by molar-refractivity contribution is 5.68. The number of alkyl carbamates (subject to hydrolysis) is 1. The number of hydrogen-bond donors (Lipinski definition) is 3. The van der Waals surface area contributed by atoms with Crippen molar-refractivity contribution in [1.82, 2.24) is 20.6 Å². The number of ether oxygens (including phenoxy) is 1. The van der Waals surface area contributed by atoms with Crippen LogP contribution in [-0.2, 0) is 17.7 Å². The van der Waals surface area contributed by atoms with Crippen molar-refractivity contribution in [3.05, 3.63) is 59.7 Å². The van der Waals surface area contributed by atoms with Crippen LogP contribution >= 0.6 is 0 Å². The van der Waals surface area contributed by atoms with Crippen LogP contribution in [-0.4, -0.2) is 45.5 Å². The first-order valence-electron chi connectivity index (χ1n) is 9.20. The lowest BCUT2D eigenvalue weighted by atomic mass is 10.0. The van der Waals surface area contributed by atoms with Gasteiger partial charge in [-0.2, -0.15) is 0 Å². The highest BCUT2D eigenvalue weighted by Crippen LogP contribution is 2.13. The summed E-state index contributed by atoms with van der Waals surface area (Å²) in [5, 5.41) is 16.2. The molecule has 7 nitrogen and oxygen atoms in total. The maximum absolute atomic E-state index is 13.5. The topological polar surface area (TPSA) is 96.4 Å². The molecule has 0 aliphatic rings. The van der Waals surface area contributed by atoms with Gasteiger partial charge in [-0.25, -0.2) is 13.6 Å². The van der Waals surface area contributed by atoms with Crippen molar-refractivity contribution < 1.29 is 23.4 Å². The van der Waals surface area contributed by atoms with Crippen LogP contribution in [0.15, 0.2) is 36.8 Å². The maximum Gasteiger partial charge on any atom is 0.407 e. The zero-order valence-electron chi connectivity index (χ0n) is 16.7. The molecule has 0 saturated carbocycles. The van der Waals surface area contributed by atoms with Gasteiger partial charge in [-0.15, -0.1) is 0 Å². The first-order chi connectivity index (χ1) is 13.6. The zero-order chi connectivity index (χ0) is 21.4. The SMILES string of the molecule is CC(C)(C)OC(=O)N[C@@H](Cc1cc(F)cc(F)c1)[C@H](O)CNCc1cnccn1. The molecule has 9 heteroatoms. The molecule has 29 heavy (non-hydrogen) atoms. The minimum Gasteiger partial charge on any atom is -0.444 e. The van der Waals surface area contributed by atoms with Gasteiger partial charge in [0.2, 0.25) is 0 Å². The van der Waals surface area contributed by atoms with Crippen molar-refractivity contribution in [2.45, 2.75) is 51.5 Å². The van der Waals surface area contributed by atoms with E-state index >= 15 is 0 Å². The first-order valence-corrected chi connectivity index (χ1v) is 9.20. The number of halogens is 2. The number of amides is 1. The van der Waals surface area contributed by atoms with E-state index in [4.69, 9.17) is 4.74 Å². The number of aromatic nitrogens is 2. The third-order valence-corrected chi connectivity index (χ3v) is 3.82. The van der Waals surface area contributed by atoms with E-state index in [0.717, 1.165) is 18.2 Å². The Morgan fingerprint density at radius 1 is 1.21 bits per heavy atom. The highest BCUT2D eigenvalue weighted by atomic mass is 19.1. The smallest absolute Gasteiger partial charge is 0.407 e. The number of carbonyl (C=O) groups is 1. The van der Waals surface area contributed by atoms with Gasteiger partial charge >= 0.3 is 6.09 Å². The van der Waals surface area contributed by atoms with E-state index in [1.165, 1.54) is 0 Å². The van der Waals surface area contributed by atoms with Gasteiger partial charge in [0.15, 0.2) is 0 Å². The van der Waals surface area contributed by atoms with Crippen molar-refractivity contribution in [2.24, 2.45) is 0 Å². The molecular formula is C20H26F2N4O3. The molecule has 2 aromatic rings. The summed E-state index contributed by atoms with van der Waals surface area (Å²) >= 11 is 0. The number of nitrogens with one attached hydrogen (secondary N) is 2. The average molecular weight is 408 g/mol. The zero-order valence-corrected chi connectivity index (χ0v) is 16.7. The van der Waals surface area contributed by atoms with Crippen LogP contribution < -0.4 is 10.6 Å². The third kappa shape index (κ3) is 8.49. The largest absolute Gasteiger partial charge is 0.444 e. The molecule has 1 aromatic heterocycles. The molecule has 1 heterocycles. The molecule has 0 saturated heterocycles. The Hall–Kier alpha value is -2.65. The predicted octanol–water partition coefficient (Wildman–Crippen LogP) is 2.34. The van der Waals surface area contributed by atoms with E-state index in [0.29, 0.717) is 17.8 Å². The van der Waals surface area contributed by atoms with Gasteiger partial charge in [0.25, 0.3) is 0 Å². The lowest BCUT2D eigenvalue weighted by Gasteiger charge is -2.27. The molecular weight excluding hydrogens is 382 g/mol. The minimum atomic E-state index is -1.05. The van der Waals surface area contributed by atoms with Gasteiger partial charge in [-0.3, -0.25) is 9.97 Å². The van der Waals surface area contributed by atoms with Crippen LogP contribution in [0.1, 0.15) is 32.0 Å². The van der Waals surface area contributed by atoms with Gasteiger partial charge in [0.1, 0.15) is 17.2 Å². The van der Waals surface area contributed by atoms with Gasteiger partial charge in [-0.1, -0.05) is 0 Å². The van der Waals surface area contributed by atoms with Crippen molar-refractivity contribution in [2.75, 3.05) is 6.54 Å². The quantitative estimate of drug-likeness (QED) is 0.621.